The molecule has 0 unspecified atom stereocenters. The van der Waals surface area contributed by atoms with Gasteiger partial charge in [0.25, 0.3) is 6.47 Å². The summed E-state index contributed by atoms with van der Waals surface area (Å²) in [5.74, 6) is 0.530. The van der Waals surface area contributed by atoms with Gasteiger partial charge in [-0.25, -0.2) is 0 Å². The minimum atomic E-state index is 0.430. The molecule has 2 aromatic heterocycles. The molecule has 0 fully saturated rings. The Morgan fingerprint density at radius 1 is 0.643 bits per heavy atom. The molecule has 4 aromatic rings. The molecule has 136 valence electrons. The molecule has 0 saturated heterocycles. The first kappa shape index (κ1) is 17.6. The molecule has 4 rings (SSSR count). The third-order valence-electron chi connectivity index (χ3n) is 4.64. The number of ether oxygens (including phenoxy) is 1. The van der Waals surface area contributed by atoms with Gasteiger partial charge < -0.3 is 4.74 Å². The van der Waals surface area contributed by atoms with Crippen LogP contribution in [0, 0.1) is 6.92 Å². The maximum atomic E-state index is 10.4. The van der Waals surface area contributed by atoms with Crippen LogP contribution in [0.15, 0.2) is 97.6 Å². The molecule has 0 N–H and O–H groups in total. The SMILES string of the molecule is Cc1ccc(-[n+]2ccc(-c3cc[n+](-c4ccc(OC=O)cc4)cc3)cc2)cc1. The van der Waals surface area contributed by atoms with Crippen molar-refractivity contribution in [2.24, 2.45) is 0 Å². The van der Waals surface area contributed by atoms with Crippen LogP contribution in [0.4, 0.5) is 0 Å². The number of nitrogens with zero attached hydrogens (tertiary/aromatic N) is 2. The van der Waals surface area contributed by atoms with Gasteiger partial charge in [0.2, 0.25) is 11.4 Å². The van der Waals surface area contributed by atoms with E-state index in [4.69, 9.17) is 4.74 Å². The molecule has 2 heterocycles. The van der Waals surface area contributed by atoms with Crippen LogP contribution < -0.4 is 13.9 Å². The number of hydrogen-bond acceptors (Lipinski definition) is 2. The second-order valence-corrected chi connectivity index (χ2v) is 6.53. The fraction of sp³-hybridized carbons (Fsp3) is 0.0417. The Kier molecular flexibility index (Phi) is 4.93. The number of carbonyl (C=O) groups is 1. The summed E-state index contributed by atoms with van der Waals surface area (Å²) in [6.45, 7) is 2.52. The second kappa shape index (κ2) is 7.84. The fourth-order valence-corrected chi connectivity index (χ4v) is 3.05. The third kappa shape index (κ3) is 3.81. The molecule has 4 heteroatoms. The Labute approximate surface area is 163 Å². The summed E-state index contributed by atoms with van der Waals surface area (Å²) in [5.41, 5.74) is 5.70. The van der Waals surface area contributed by atoms with E-state index in [1.807, 2.05) is 29.1 Å². The van der Waals surface area contributed by atoms with Crippen LogP contribution in [-0.2, 0) is 4.79 Å². The summed E-state index contributed by atoms with van der Waals surface area (Å²) in [4.78, 5) is 10.4. The van der Waals surface area contributed by atoms with Gasteiger partial charge in [-0.1, -0.05) is 17.7 Å². The highest BCUT2D eigenvalue weighted by atomic mass is 16.5. The molecule has 0 aliphatic carbocycles. The zero-order valence-electron chi connectivity index (χ0n) is 15.5. The Balaban J connectivity index is 1.53. The van der Waals surface area contributed by atoms with Crippen molar-refractivity contribution < 1.29 is 18.7 Å². The molecular weight excluding hydrogens is 348 g/mol. The summed E-state index contributed by atoms with van der Waals surface area (Å²) in [5, 5.41) is 0. The molecule has 0 bridgehead atoms. The van der Waals surface area contributed by atoms with Gasteiger partial charge in [0.05, 0.1) is 0 Å². The summed E-state index contributed by atoms with van der Waals surface area (Å²) in [7, 11) is 0. The predicted octanol–water partition coefficient (Wildman–Crippen LogP) is 3.75. The average Bonchev–Trinajstić information content (AvgIpc) is 2.75. The highest BCUT2D eigenvalue weighted by Gasteiger charge is 2.09. The summed E-state index contributed by atoms with van der Waals surface area (Å²) >= 11 is 0. The average molecular weight is 368 g/mol. The molecule has 2 aromatic carbocycles. The molecule has 0 aliphatic heterocycles. The number of rotatable bonds is 5. The van der Waals surface area contributed by atoms with E-state index in [-0.39, 0.29) is 0 Å². The summed E-state index contributed by atoms with van der Waals surface area (Å²) < 4.78 is 8.95. The molecule has 0 amide bonds. The summed E-state index contributed by atoms with van der Waals surface area (Å²) in [6.07, 6.45) is 8.19. The third-order valence-corrected chi connectivity index (χ3v) is 4.64. The van der Waals surface area contributed by atoms with E-state index in [2.05, 4.69) is 72.4 Å². The lowest BCUT2D eigenvalue weighted by Gasteiger charge is -2.02. The van der Waals surface area contributed by atoms with Gasteiger partial charge in [-0.2, -0.15) is 9.13 Å². The highest BCUT2D eigenvalue weighted by molar-refractivity contribution is 5.61. The molecule has 0 aliphatic rings. The van der Waals surface area contributed by atoms with Crippen LogP contribution in [0.1, 0.15) is 5.56 Å². The van der Waals surface area contributed by atoms with Crippen molar-refractivity contribution in [3.8, 4) is 28.3 Å². The standard InChI is InChI=1S/C24H20N2O2/c1-19-2-4-22(5-3-19)25-14-10-20(11-15-25)21-12-16-26(17-13-21)23-6-8-24(9-7-23)28-18-27/h2-18H,1H3/q+2. The molecule has 28 heavy (non-hydrogen) atoms. The Hall–Kier alpha value is -3.79. The van der Waals surface area contributed by atoms with Gasteiger partial charge in [-0.15, -0.1) is 0 Å². The monoisotopic (exact) mass is 368 g/mol. The van der Waals surface area contributed by atoms with Gasteiger partial charge >= 0.3 is 0 Å². The van der Waals surface area contributed by atoms with Crippen molar-refractivity contribution in [3.05, 3.63) is 103 Å². The number of carbonyl (C=O) groups excluding carboxylic acids is 1. The zero-order chi connectivity index (χ0) is 19.3. The molecular formula is C24H20N2O2+2. The first-order valence-corrected chi connectivity index (χ1v) is 9.04. The number of hydrogen-bond donors (Lipinski definition) is 0. The lowest BCUT2D eigenvalue weighted by Crippen LogP contribution is -2.29. The van der Waals surface area contributed by atoms with Crippen molar-refractivity contribution in [3.63, 3.8) is 0 Å². The Morgan fingerprint density at radius 2 is 1.07 bits per heavy atom. The van der Waals surface area contributed by atoms with E-state index < -0.39 is 0 Å². The van der Waals surface area contributed by atoms with E-state index in [0.29, 0.717) is 12.2 Å². The van der Waals surface area contributed by atoms with Gasteiger partial charge in [-0.3, -0.25) is 4.79 Å². The van der Waals surface area contributed by atoms with Crippen molar-refractivity contribution in [1.29, 1.82) is 0 Å². The maximum Gasteiger partial charge on any atom is 0.298 e. The Bertz CT molecular complexity index is 1070. The minimum Gasteiger partial charge on any atom is -0.429 e. The van der Waals surface area contributed by atoms with Crippen molar-refractivity contribution in [2.45, 2.75) is 6.92 Å². The van der Waals surface area contributed by atoms with Crippen LogP contribution in [0.5, 0.6) is 5.75 Å². The van der Waals surface area contributed by atoms with Crippen molar-refractivity contribution >= 4 is 6.47 Å². The summed E-state index contributed by atoms with van der Waals surface area (Å²) in [6, 6.07) is 24.2. The molecule has 0 radical (unpaired) electrons. The largest absolute Gasteiger partial charge is 0.429 e. The number of aryl methyl sites for hydroxylation is 1. The lowest BCUT2D eigenvalue weighted by atomic mass is 10.1. The fourth-order valence-electron chi connectivity index (χ4n) is 3.05. The van der Waals surface area contributed by atoms with Crippen LogP contribution >= 0.6 is 0 Å². The molecule has 0 atom stereocenters. The topological polar surface area (TPSA) is 34.1 Å². The van der Waals surface area contributed by atoms with Gasteiger partial charge in [-0.05, 0) is 30.2 Å². The van der Waals surface area contributed by atoms with Crippen LogP contribution in [-0.4, -0.2) is 6.47 Å². The molecule has 4 nitrogen and oxygen atoms in total. The van der Waals surface area contributed by atoms with Gasteiger partial charge in [0.1, 0.15) is 5.75 Å². The van der Waals surface area contributed by atoms with Crippen molar-refractivity contribution in [2.75, 3.05) is 0 Å². The van der Waals surface area contributed by atoms with Gasteiger partial charge in [0.15, 0.2) is 24.8 Å². The highest BCUT2D eigenvalue weighted by Crippen LogP contribution is 2.17. The van der Waals surface area contributed by atoms with Crippen LogP contribution in [0.3, 0.4) is 0 Å². The van der Waals surface area contributed by atoms with Crippen molar-refractivity contribution in [1.82, 2.24) is 0 Å². The first-order chi connectivity index (χ1) is 13.7. The van der Waals surface area contributed by atoms with E-state index in [1.54, 1.807) is 12.1 Å². The molecule has 0 spiro atoms. The normalized spacial score (nSPS) is 10.5. The molecule has 0 saturated carbocycles. The smallest absolute Gasteiger partial charge is 0.298 e. The lowest BCUT2D eigenvalue weighted by molar-refractivity contribution is -0.596. The van der Waals surface area contributed by atoms with Crippen LogP contribution in [0.25, 0.3) is 22.5 Å². The predicted molar refractivity (Wildman–Crippen MR) is 106 cm³/mol. The van der Waals surface area contributed by atoms with E-state index in [9.17, 15) is 4.79 Å². The van der Waals surface area contributed by atoms with E-state index in [1.165, 1.54) is 5.56 Å². The number of benzene rings is 2. The number of aromatic nitrogens is 2. The minimum absolute atomic E-state index is 0.430. The van der Waals surface area contributed by atoms with E-state index >= 15 is 0 Å². The number of pyridine rings is 2. The zero-order valence-corrected chi connectivity index (χ0v) is 15.5. The van der Waals surface area contributed by atoms with Gasteiger partial charge in [0, 0.05) is 48.5 Å². The van der Waals surface area contributed by atoms with E-state index in [0.717, 1.165) is 22.5 Å². The van der Waals surface area contributed by atoms with Crippen LogP contribution in [0.2, 0.25) is 0 Å². The quantitative estimate of drug-likeness (QED) is 0.397. The maximum absolute atomic E-state index is 10.4. The second-order valence-electron chi connectivity index (χ2n) is 6.53. The first-order valence-electron chi connectivity index (χ1n) is 9.04. The Morgan fingerprint density at radius 3 is 1.50 bits per heavy atom.